The third-order valence-electron chi connectivity index (χ3n) is 5.13. The molecule has 29 heavy (non-hydrogen) atoms. The summed E-state index contributed by atoms with van der Waals surface area (Å²) in [5, 5.41) is 5.20. The third-order valence-corrected chi connectivity index (χ3v) is 5.13. The molecule has 0 aliphatic rings. The van der Waals surface area contributed by atoms with E-state index >= 15 is 0 Å². The number of para-hydroxylation sites is 2. The highest BCUT2D eigenvalue weighted by molar-refractivity contribution is 5.91. The molecule has 5 nitrogen and oxygen atoms in total. The van der Waals surface area contributed by atoms with Gasteiger partial charge in [-0.25, -0.2) is 4.98 Å². The van der Waals surface area contributed by atoms with Gasteiger partial charge in [0.05, 0.1) is 23.5 Å². The summed E-state index contributed by atoms with van der Waals surface area (Å²) in [6.45, 7) is 1.08. The number of aromatic amines is 1. The molecule has 0 unspecified atom stereocenters. The van der Waals surface area contributed by atoms with Gasteiger partial charge in [0, 0.05) is 36.4 Å². The zero-order chi connectivity index (χ0) is 20.1. The summed E-state index contributed by atoms with van der Waals surface area (Å²) in [5.74, 6) is 0.0623. The Morgan fingerprint density at radius 3 is 2.79 bits per heavy atom. The summed E-state index contributed by atoms with van der Waals surface area (Å²) < 4.78 is 4.97. The number of nitrogens with one attached hydrogen (secondary N) is 2. The number of methoxy groups -OCH3 is 1. The number of H-pyrrole nitrogens is 1. The molecule has 0 aliphatic heterocycles. The van der Waals surface area contributed by atoms with E-state index in [1.807, 2.05) is 24.3 Å². The van der Waals surface area contributed by atoms with Crippen LogP contribution in [0.25, 0.3) is 33.2 Å². The maximum absolute atomic E-state index is 12.0. The molecule has 0 radical (unpaired) electrons. The van der Waals surface area contributed by atoms with Crippen LogP contribution in [0, 0.1) is 0 Å². The quantitative estimate of drug-likeness (QED) is 0.439. The molecule has 148 valence electrons. The normalized spacial score (nSPS) is 11.2. The highest BCUT2D eigenvalue weighted by Gasteiger charge is 2.15. The Labute approximate surface area is 170 Å². The van der Waals surface area contributed by atoms with Crippen LogP contribution in [-0.2, 0) is 16.0 Å². The predicted molar refractivity (Wildman–Crippen MR) is 117 cm³/mol. The minimum absolute atomic E-state index is 0.0623. The van der Waals surface area contributed by atoms with Crippen LogP contribution in [0.15, 0.2) is 60.7 Å². The summed E-state index contributed by atoms with van der Waals surface area (Å²) in [6, 6.07) is 20.6. The molecular formula is C24H25N3O2. The number of aryl methyl sites for hydroxylation is 1. The van der Waals surface area contributed by atoms with Crippen molar-refractivity contribution in [2.45, 2.75) is 19.3 Å². The van der Waals surface area contributed by atoms with Gasteiger partial charge >= 0.3 is 0 Å². The van der Waals surface area contributed by atoms with E-state index in [1.165, 1.54) is 10.9 Å². The maximum atomic E-state index is 12.0. The highest BCUT2D eigenvalue weighted by atomic mass is 16.5. The summed E-state index contributed by atoms with van der Waals surface area (Å²) in [5.41, 5.74) is 5.26. The van der Waals surface area contributed by atoms with Gasteiger partial charge in [0.15, 0.2) is 0 Å². The second-order valence-corrected chi connectivity index (χ2v) is 7.11. The van der Waals surface area contributed by atoms with Crippen molar-refractivity contribution in [2.24, 2.45) is 0 Å². The average molecular weight is 387 g/mol. The van der Waals surface area contributed by atoms with Crippen molar-refractivity contribution >= 4 is 27.7 Å². The Kier molecular flexibility index (Phi) is 5.86. The van der Waals surface area contributed by atoms with Gasteiger partial charge in [-0.05, 0) is 36.6 Å². The largest absolute Gasteiger partial charge is 0.383 e. The summed E-state index contributed by atoms with van der Waals surface area (Å²) >= 11 is 0. The van der Waals surface area contributed by atoms with Crippen LogP contribution in [0.5, 0.6) is 0 Å². The Bertz CT molecular complexity index is 1130. The number of aromatic nitrogens is 2. The lowest BCUT2D eigenvalue weighted by Crippen LogP contribution is -2.26. The molecule has 0 spiro atoms. The lowest BCUT2D eigenvalue weighted by molar-refractivity contribution is -0.121. The number of carbonyl (C=O) groups is 1. The molecule has 0 aliphatic carbocycles. The first-order chi connectivity index (χ1) is 14.3. The Morgan fingerprint density at radius 1 is 1.07 bits per heavy atom. The first kappa shape index (κ1) is 19.2. The van der Waals surface area contributed by atoms with Gasteiger partial charge in [-0.3, -0.25) is 4.79 Å². The summed E-state index contributed by atoms with van der Waals surface area (Å²) in [6.07, 6.45) is 2.08. The molecule has 2 N–H and O–H groups in total. The van der Waals surface area contributed by atoms with Crippen LogP contribution in [-0.4, -0.2) is 36.1 Å². The number of amides is 1. The minimum atomic E-state index is 0.0623. The van der Waals surface area contributed by atoms with Gasteiger partial charge in [-0.1, -0.05) is 42.5 Å². The molecule has 0 saturated heterocycles. The number of hydrogen-bond donors (Lipinski definition) is 2. The first-order valence-electron chi connectivity index (χ1n) is 9.97. The van der Waals surface area contributed by atoms with E-state index in [-0.39, 0.29) is 5.91 Å². The van der Waals surface area contributed by atoms with E-state index in [2.05, 4.69) is 46.7 Å². The van der Waals surface area contributed by atoms with E-state index < -0.39 is 0 Å². The van der Waals surface area contributed by atoms with Crippen LogP contribution in [0.2, 0.25) is 0 Å². The number of hydrogen-bond acceptors (Lipinski definition) is 3. The molecule has 1 amide bonds. The number of fused-ring (bicyclic) bond motifs is 2. The first-order valence-corrected chi connectivity index (χ1v) is 9.97. The topological polar surface area (TPSA) is 67.0 Å². The summed E-state index contributed by atoms with van der Waals surface area (Å²) in [7, 11) is 1.63. The van der Waals surface area contributed by atoms with E-state index in [0.29, 0.717) is 19.6 Å². The van der Waals surface area contributed by atoms with Crippen LogP contribution < -0.4 is 5.32 Å². The van der Waals surface area contributed by atoms with Crippen molar-refractivity contribution in [3.8, 4) is 11.4 Å². The van der Waals surface area contributed by atoms with Gasteiger partial charge in [-0.15, -0.1) is 0 Å². The zero-order valence-electron chi connectivity index (χ0n) is 16.6. The number of rotatable bonds is 8. The number of pyridine rings is 1. The number of nitrogens with zero attached hydrogens (tertiary/aromatic N) is 1. The average Bonchev–Trinajstić information content (AvgIpc) is 3.12. The van der Waals surface area contributed by atoms with Crippen molar-refractivity contribution in [1.82, 2.24) is 15.3 Å². The second kappa shape index (κ2) is 8.88. The minimum Gasteiger partial charge on any atom is -0.383 e. The zero-order valence-corrected chi connectivity index (χ0v) is 16.6. The fraction of sp³-hybridized carbons (Fsp3) is 0.250. The van der Waals surface area contributed by atoms with Crippen molar-refractivity contribution in [3.05, 3.63) is 66.2 Å². The van der Waals surface area contributed by atoms with E-state index in [4.69, 9.17) is 9.72 Å². The monoisotopic (exact) mass is 387 g/mol. The molecule has 0 saturated carbocycles. The fourth-order valence-corrected chi connectivity index (χ4v) is 3.69. The molecule has 0 fully saturated rings. The van der Waals surface area contributed by atoms with Crippen LogP contribution in [0.3, 0.4) is 0 Å². The predicted octanol–water partition coefficient (Wildman–Crippen LogP) is 4.47. The molecule has 2 heterocycles. The van der Waals surface area contributed by atoms with E-state index in [0.717, 1.165) is 40.6 Å². The van der Waals surface area contributed by atoms with E-state index in [9.17, 15) is 4.79 Å². The maximum Gasteiger partial charge on any atom is 0.220 e. The lowest BCUT2D eigenvalue weighted by Gasteiger charge is -2.07. The van der Waals surface area contributed by atoms with Crippen molar-refractivity contribution in [3.63, 3.8) is 0 Å². The summed E-state index contributed by atoms with van der Waals surface area (Å²) in [4.78, 5) is 20.4. The fourth-order valence-electron chi connectivity index (χ4n) is 3.69. The van der Waals surface area contributed by atoms with Gasteiger partial charge in [0.25, 0.3) is 0 Å². The molecule has 2 aromatic heterocycles. The number of ether oxygens (including phenoxy) is 1. The highest BCUT2D eigenvalue weighted by Crippen LogP contribution is 2.31. The Hall–Kier alpha value is -3.18. The van der Waals surface area contributed by atoms with Crippen LogP contribution >= 0.6 is 0 Å². The molecule has 0 atom stereocenters. The third kappa shape index (κ3) is 4.30. The molecule has 4 rings (SSSR count). The molecule has 0 bridgehead atoms. The molecular weight excluding hydrogens is 362 g/mol. The van der Waals surface area contributed by atoms with Gasteiger partial charge in [0.2, 0.25) is 5.91 Å². The second-order valence-electron chi connectivity index (χ2n) is 7.11. The van der Waals surface area contributed by atoms with Gasteiger partial charge in [-0.2, -0.15) is 0 Å². The van der Waals surface area contributed by atoms with Crippen molar-refractivity contribution in [2.75, 3.05) is 20.3 Å². The molecule has 5 heteroatoms. The number of benzene rings is 2. The molecule has 2 aromatic carbocycles. The van der Waals surface area contributed by atoms with Crippen LogP contribution in [0.4, 0.5) is 0 Å². The lowest BCUT2D eigenvalue weighted by atomic mass is 10.0. The number of carbonyl (C=O) groups excluding carboxylic acids is 1. The standard InChI is InChI=1S/C24H25N3O2/c1-29-16-15-25-23(28)12-6-9-19-18-8-3-5-11-21(18)27-24(19)22-14-13-17-7-2-4-10-20(17)26-22/h2-5,7-8,10-11,13-14,27H,6,9,12,15-16H2,1H3,(H,25,28). The van der Waals surface area contributed by atoms with Gasteiger partial charge in [0.1, 0.15) is 0 Å². The SMILES string of the molecule is COCCNC(=O)CCCc1c(-c2ccc3ccccc3n2)[nH]c2ccccc12. The van der Waals surface area contributed by atoms with Crippen molar-refractivity contribution in [1.29, 1.82) is 0 Å². The van der Waals surface area contributed by atoms with Crippen molar-refractivity contribution < 1.29 is 9.53 Å². The smallest absolute Gasteiger partial charge is 0.220 e. The Morgan fingerprint density at radius 2 is 1.90 bits per heavy atom. The van der Waals surface area contributed by atoms with Crippen LogP contribution in [0.1, 0.15) is 18.4 Å². The van der Waals surface area contributed by atoms with E-state index in [1.54, 1.807) is 7.11 Å². The van der Waals surface area contributed by atoms with Gasteiger partial charge < -0.3 is 15.0 Å². The molecule has 4 aromatic rings. The Balaban J connectivity index is 1.59.